The highest BCUT2D eigenvalue weighted by Gasteiger charge is 2.22. The van der Waals surface area contributed by atoms with Gasteiger partial charge in [0.2, 0.25) is 11.8 Å². The topological polar surface area (TPSA) is 157 Å². The van der Waals surface area contributed by atoms with E-state index in [2.05, 4.69) is 15.5 Å². The third-order valence-corrected chi connectivity index (χ3v) is 1.84. The number of nitrogens with one attached hydrogen (secondary N) is 1. The summed E-state index contributed by atoms with van der Waals surface area (Å²) in [4.78, 5) is 25.4. The second-order valence-corrected chi connectivity index (χ2v) is 3.25. The van der Waals surface area contributed by atoms with Crippen LogP contribution in [0.5, 0.6) is 0 Å². The highest BCUT2D eigenvalue weighted by Crippen LogP contribution is 2.14. The standard InChI is InChI=1S/C8H13N5O4/c9-5(15)3-4(11-8(10)16)7-12-6(1-2-14)13-17-7/h4,14H,1-3H2,(H2,9,15)(H3,10,11,16). The Bertz CT molecular complexity index is 388. The van der Waals surface area contributed by atoms with Crippen molar-refractivity contribution in [3.05, 3.63) is 11.7 Å². The molecule has 0 fully saturated rings. The molecule has 9 nitrogen and oxygen atoms in total. The van der Waals surface area contributed by atoms with Gasteiger partial charge in [0.1, 0.15) is 6.04 Å². The molecule has 1 rings (SSSR count). The van der Waals surface area contributed by atoms with E-state index in [1.807, 2.05) is 0 Å². The molecule has 0 aliphatic rings. The highest BCUT2D eigenvalue weighted by atomic mass is 16.5. The highest BCUT2D eigenvalue weighted by molar-refractivity contribution is 5.77. The van der Waals surface area contributed by atoms with Crippen LogP contribution in [0.15, 0.2) is 4.52 Å². The number of aliphatic hydroxyl groups is 1. The lowest BCUT2D eigenvalue weighted by molar-refractivity contribution is -0.118. The molecule has 1 unspecified atom stereocenters. The first-order valence-electron chi connectivity index (χ1n) is 4.80. The molecule has 0 saturated heterocycles. The van der Waals surface area contributed by atoms with E-state index >= 15 is 0 Å². The number of urea groups is 1. The van der Waals surface area contributed by atoms with Gasteiger partial charge in [-0.05, 0) is 0 Å². The zero-order valence-corrected chi connectivity index (χ0v) is 8.92. The van der Waals surface area contributed by atoms with E-state index in [1.54, 1.807) is 0 Å². The Morgan fingerprint density at radius 3 is 2.71 bits per heavy atom. The lowest BCUT2D eigenvalue weighted by Crippen LogP contribution is -2.35. The van der Waals surface area contributed by atoms with Crippen LogP contribution in [0.4, 0.5) is 4.79 Å². The summed E-state index contributed by atoms with van der Waals surface area (Å²) in [5, 5.41) is 14.5. The van der Waals surface area contributed by atoms with Gasteiger partial charge in [0.25, 0.3) is 0 Å². The number of rotatable bonds is 6. The number of carbonyl (C=O) groups is 2. The maximum atomic E-state index is 10.8. The van der Waals surface area contributed by atoms with Gasteiger partial charge in [0, 0.05) is 6.42 Å². The zero-order chi connectivity index (χ0) is 12.8. The average Bonchev–Trinajstić information content (AvgIpc) is 2.64. The maximum Gasteiger partial charge on any atom is 0.312 e. The van der Waals surface area contributed by atoms with E-state index in [9.17, 15) is 9.59 Å². The third-order valence-electron chi connectivity index (χ3n) is 1.84. The van der Waals surface area contributed by atoms with Crippen LogP contribution >= 0.6 is 0 Å². The van der Waals surface area contributed by atoms with Gasteiger partial charge in [-0.15, -0.1) is 0 Å². The quantitative estimate of drug-likeness (QED) is 0.461. The second-order valence-electron chi connectivity index (χ2n) is 3.25. The number of aliphatic hydroxyl groups excluding tert-OH is 1. The molecule has 1 aromatic heterocycles. The first kappa shape index (κ1) is 12.9. The van der Waals surface area contributed by atoms with Gasteiger partial charge < -0.3 is 26.4 Å². The molecule has 1 aromatic rings. The molecule has 94 valence electrons. The Morgan fingerprint density at radius 2 is 2.18 bits per heavy atom. The molecule has 0 aliphatic heterocycles. The van der Waals surface area contributed by atoms with Crippen LogP contribution in [0.1, 0.15) is 24.2 Å². The molecule has 6 N–H and O–H groups in total. The number of hydrogen-bond acceptors (Lipinski definition) is 6. The molecule has 0 aliphatic carbocycles. The smallest absolute Gasteiger partial charge is 0.312 e. The first-order valence-corrected chi connectivity index (χ1v) is 4.80. The zero-order valence-electron chi connectivity index (χ0n) is 8.92. The number of carbonyl (C=O) groups excluding carboxylic acids is 2. The van der Waals surface area contributed by atoms with Gasteiger partial charge in [0.05, 0.1) is 13.0 Å². The molecule has 0 spiro atoms. The van der Waals surface area contributed by atoms with E-state index in [1.165, 1.54) is 0 Å². The maximum absolute atomic E-state index is 10.8. The van der Waals surface area contributed by atoms with E-state index in [0.717, 1.165) is 0 Å². The number of hydrogen-bond donors (Lipinski definition) is 4. The minimum Gasteiger partial charge on any atom is -0.396 e. The number of primary amides is 2. The Morgan fingerprint density at radius 1 is 1.47 bits per heavy atom. The number of amides is 3. The summed E-state index contributed by atoms with van der Waals surface area (Å²) in [6.07, 6.45) is 0.00701. The minimum atomic E-state index is -0.857. The van der Waals surface area contributed by atoms with Crippen LogP contribution in [0.3, 0.4) is 0 Å². The predicted molar refractivity (Wildman–Crippen MR) is 54.4 cm³/mol. The van der Waals surface area contributed by atoms with Gasteiger partial charge >= 0.3 is 6.03 Å². The number of nitrogens with two attached hydrogens (primary N) is 2. The fourth-order valence-electron chi connectivity index (χ4n) is 1.18. The van der Waals surface area contributed by atoms with Gasteiger partial charge in [-0.25, -0.2) is 4.79 Å². The Hall–Kier alpha value is -2.16. The summed E-state index contributed by atoms with van der Waals surface area (Å²) in [6.45, 7) is -0.136. The van der Waals surface area contributed by atoms with Crippen LogP contribution in [0.2, 0.25) is 0 Å². The fourth-order valence-corrected chi connectivity index (χ4v) is 1.18. The van der Waals surface area contributed by atoms with Gasteiger partial charge in [0.15, 0.2) is 5.82 Å². The number of nitrogens with zero attached hydrogens (tertiary/aromatic N) is 2. The van der Waals surface area contributed by atoms with Crippen LogP contribution in [0, 0.1) is 0 Å². The van der Waals surface area contributed by atoms with Crippen LogP contribution in [-0.4, -0.2) is 33.8 Å². The molecule has 0 saturated carbocycles. The van der Waals surface area contributed by atoms with Crippen molar-refractivity contribution >= 4 is 11.9 Å². The molecule has 0 bridgehead atoms. The lowest BCUT2D eigenvalue weighted by atomic mass is 10.2. The van der Waals surface area contributed by atoms with Crippen molar-refractivity contribution < 1.29 is 19.2 Å². The van der Waals surface area contributed by atoms with E-state index < -0.39 is 18.0 Å². The van der Waals surface area contributed by atoms with E-state index in [-0.39, 0.29) is 31.2 Å². The number of aromatic nitrogens is 2. The lowest BCUT2D eigenvalue weighted by Gasteiger charge is -2.10. The van der Waals surface area contributed by atoms with E-state index in [4.69, 9.17) is 21.1 Å². The Balaban J connectivity index is 2.79. The summed E-state index contributed by atoms with van der Waals surface area (Å²) in [5.74, 6) is -0.361. The molecule has 1 heterocycles. The van der Waals surface area contributed by atoms with Crippen molar-refractivity contribution in [1.82, 2.24) is 15.5 Å². The SMILES string of the molecule is NC(=O)CC(NC(N)=O)c1nc(CCO)no1. The second kappa shape index (κ2) is 5.80. The molecular weight excluding hydrogens is 230 g/mol. The van der Waals surface area contributed by atoms with Crippen molar-refractivity contribution in [3.63, 3.8) is 0 Å². The van der Waals surface area contributed by atoms with Crippen LogP contribution < -0.4 is 16.8 Å². The summed E-state index contributed by atoms with van der Waals surface area (Å²) in [6, 6.07) is -1.69. The van der Waals surface area contributed by atoms with Crippen LogP contribution in [0.25, 0.3) is 0 Å². The molecule has 0 radical (unpaired) electrons. The monoisotopic (exact) mass is 243 g/mol. The molecule has 3 amide bonds. The molecular formula is C8H13N5O4. The largest absolute Gasteiger partial charge is 0.396 e. The average molecular weight is 243 g/mol. The Kier molecular flexibility index (Phi) is 4.40. The van der Waals surface area contributed by atoms with Crippen molar-refractivity contribution in [2.45, 2.75) is 18.9 Å². The summed E-state index contributed by atoms with van der Waals surface area (Å²) >= 11 is 0. The van der Waals surface area contributed by atoms with Gasteiger partial charge in [-0.2, -0.15) is 4.98 Å². The van der Waals surface area contributed by atoms with Gasteiger partial charge in [-0.1, -0.05) is 5.16 Å². The first-order chi connectivity index (χ1) is 8.02. The predicted octanol–water partition coefficient (Wildman–Crippen LogP) is -1.81. The minimum absolute atomic E-state index is 0.0195. The molecule has 17 heavy (non-hydrogen) atoms. The Labute approximate surface area is 96.2 Å². The summed E-state index contributed by atoms with van der Waals surface area (Å²) in [5.41, 5.74) is 9.95. The van der Waals surface area contributed by atoms with Crippen molar-refractivity contribution in [2.24, 2.45) is 11.5 Å². The normalized spacial score (nSPS) is 12.1. The summed E-state index contributed by atoms with van der Waals surface area (Å²) in [7, 11) is 0. The van der Waals surface area contributed by atoms with E-state index in [0.29, 0.717) is 0 Å². The van der Waals surface area contributed by atoms with Crippen molar-refractivity contribution in [2.75, 3.05) is 6.61 Å². The molecule has 0 aromatic carbocycles. The van der Waals surface area contributed by atoms with Crippen molar-refractivity contribution in [1.29, 1.82) is 0 Å². The summed E-state index contributed by atoms with van der Waals surface area (Å²) < 4.78 is 4.83. The molecule has 9 heteroatoms. The fraction of sp³-hybridized carbons (Fsp3) is 0.500. The van der Waals surface area contributed by atoms with Crippen molar-refractivity contribution in [3.8, 4) is 0 Å². The third kappa shape index (κ3) is 4.07. The van der Waals surface area contributed by atoms with Crippen LogP contribution in [-0.2, 0) is 11.2 Å². The molecule has 1 atom stereocenters. The van der Waals surface area contributed by atoms with Gasteiger partial charge in [-0.3, -0.25) is 4.79 Å².